The fraction of sp³-hybridized carbons (Fsp3) is 0.294. The van der Waals surface area contributed by atoms with Gasteiger partial charge in [-0.25, -0.2) is 0 Å². The molecule has 0 aliphatic heterocycles. The predicted molar refractivity (Wildman–Crippen MR) is 83.7 cm³/mol. The van der Waals surface area contributed by atoms with Crippen molar-refractivity contribution in [3.8, 4) is 0 Å². The van der Waals surface area contributed by atoms with Gasteiger partial charge < -0.3 is 4.74 Å². The molecule has 0 amide bonds. The van der Waals surface area contributed by atoms with Crippen molar-refractivity contribution in [3.05, 3.63) is 71.3 Å². The molecule has 2 atom stereocenters. The smallest absolute Gasteiger partial charge is 0.0932 e. The number of ether oxygens (including phenoxy) is 1. The summed E-state index contributed by atoms with van der Waals surface area (Å²) in [6.07, 6.45) is 0.166. The fourth-order valence-electron chi connectivity index (χ4n) is 2.19. The molecule has 100 valence electrons. The van der Waals surface area contributed by atoms with Crippen LogP contribution in [0.3, 0.4) is 0 Å². The van der Waals surface area contributed by atoms with Crippen molar-refractivity contribution in [1.82, 2.24) is 0 Å². The first-order chi connectivity index (χ1) is 9.22. The van der Waals surface area contributed by atoms with Crippen molar-refractivity contribution in [1.29, 1.82) is 0 Å². The zero-order valence-electron chi connectivity index (χ0n) is 11.3. The maximum atomic E-state index is 6.21. The molecule has 0 aliphatic carbocycles. The second-order valence-electron chi connectivity index (χ2n) is 4.69. The molecule has 19 heavy (non-hydrogen) atoms. The van der Waals surface area contributed by atoms with Crippen molar-refractivity contribution in [2.24, 2.45) is 0 Å². The van der Waals surface area contributed by atoms with Crippen molar-refractivity contribution in [2.45, 2.75) is 26.1 Å². The molecule has 0 saturated carbocycles. The third kappa shape index (κ3) is 3.68. The van der Waals surface area contributed by atoms with Crippen LogP contribution in [0.4, 0.5) is 0 Å². The van der Waals surface area contributed by atoms with Crippen molar-refractivity contribution in [3.63, 3.8) is 0 Å². The summed E-state index contributed by atoms with van der Waals surface area (Å²) in [6, 6.07) is 18.7. The van der Waals surface area contributed by atoms with Crippen LogP contribution in [0, 0.1) is 6.92 Å². The first-order valence-corrected chi connectivity index (χ1v) is 7.66. The van der Waals surface area contributed by atoms with Gasteiger partial charge in [-0.05, 0) is 30.5 Å². The van der Waals surface area contributed by atoms with E-state index in [0.717, 1.165) is 5.33 Å². The average Bonchev–Trinajstić information content (AvgIpc) is 2.46. The van der Waals surface area contributed by atoms with Gasteiger partial charge in [0.15, 0.2) is 0 Å². The van der Waals surface area contributed by atoms with E-state index in [-0.39, 0.29) is 12.2 Å². The van der Waals surface area contributed by atoms with Crippen LogP contribution < -0.4 is 0 Å². The molecule has 0 heterocycles. The summed E-state index contributed by atoms with van der Waals surface area (Å²) in [6.45, 7) is 4.23. The number of hydrogen-bond donors (Lipinski definition) is 0. The standard InChI is InChI=1S/C17H19BrO/c1-13-8-6-7-11-16(13)17(12-18)19-14(2)15-9-4-3-5-10-15/h3-11,14,17H,12H2,1-2H3. The Morgan fingerprint density at radius 1 is 1.00 bits per heavy atom. The van der Waals surface area contributed by atoms with E-state index in [9.17, 15) is 0 Å². The lowest BCUT2D eigenvalue weighted by molar-refractivity contribution is 0.00901. The molecule has 0 radical (unpaired) electrons. The molecule has 2 unspecified atom stereocenters. The lowest BCUT2D eigenvalue weighted by atomic mass is 10.0. The van der Waals surface area contributed by atoms with Gasteiger partial charge in [0.2, 0.25) is 0 Å². The highest BCUT2D eigenvalue weighted by molar-refractivity contribution is 9.09. The summed E-state index contributed by atoms with van der Waals surface area (Å²) in [5, 5.41) is 0.801. The van der Waals surface area contributed by atoms with Gasteiger partial charge in [-0.1, -0.05) is 70.5 Å². The van der Waals surface area contributed by atoms with Crippen LogP contribution in [0.2, 0.25) is 0 Å². The fourth-order valence-corrected chi connectivity index (χ4v) is 2.69. The molecule has 2 aromatic carbocycles. The number of halogens is 1. The average molecular weight is 319 g/mol. The van der Waals surface area contributed by atoms with Crippen LogP contribution in [0.5, 0.6) is 0 Å². The van der Waals surface area contributed by atoms with Crippen LogP contribution in [-0.4, -0.2) is 5.33 Å². The Morgan fingerprint density at radius 2 is 1.63 bits per heavy atom. The summed E-state index contributed by atoms with van der Waals surface area (Å²) >= 11 is 3.56. The summed E-state index contributed by atoms with van der Waals surface area (Å²) in [5.74, 6) is 0. The third-order valence-corrected chi connectivity index (χ3v) is 3.90. The molecule has 0 bridgehead atoms. The minimum atomic E-state index is 0.0800. The summed E-state index contributed by atoms with van der Waals surface area (Å²) in [5.41, 5.74) is 3.73. The largest absolute Gasteiger partial charge is 0.365 e. The maximum Gasteiger partial charge on any atom is 0.0932 e. The second-order valence-corrected chi connectivity index (χ2v) is 5.34. The lowest BCUT2D eigenvalue weighted by Crippen LogP contribution is -2.10. The summed E-state index contributed by atoms with van der Waals surface area (Å²) in [7, 11) is 0. The zero-order chi connectivity index (χ0) is 13.7. The van der Waals surface area contributed by atoms with Crippen LogP contribution >= 0.6 is 15.9 Å². The minimum absolute atomic E-state index is 0.0800. The van der Waals surface area contributed by atoms with Crippen molar-refractivity contribution >= 4 is 15.9 Å². The van der Waals surface area contributed by atoms with E-state index in [0.29, 0.717) is 0 Å². The van der Waals surface area contributed by atoms with Gasteiger partial charge in [0.05, 0.1) is 12.2 Å². The molecule has 2 heteroatoms. The molecule has 2 aromatic rings. The van der Waals surface area contributed by atoms with E-state index in [1.165, 1.54) is 16.7 Å². The third-order valence-electron chi connectivity index (χ3n) is 3.31. The van der Waals surface area contributed by atoms with Gasteiger partial charge in [0.25, 0.3) is 0 Å². The molecule has 0 spiro atoms. The van der Waals surface area contributed by atoms with Crippen molar-refractivity contribution in [2.75, 3.05) is 5.33 Å². The maximum absolute atomic E-state index is 6.21. The Bertz CT molecular complexity index is 510. The van der Waals surface area contributed by atoms with E-state index in [4.69, 9.17) is 4.74 Å². The number of aryl methyl sites for hydroxylation is 1. The molecule has 0 aromatic heterocycles. The summed E-state index contributed by atoms with van der Waals surface area (Å²) < 4.78 is 6.21. The first kappa shape index (κ1) is 14.3. The molecular weight excluding hydrogens is 300 g/mol. The van der Waals surface area contributed by atoms with Gasteiger partial charge in [-0.3, -0.25) is 0 Å². The molecule has 0 fully saturated rings. The van der Waals surface area contributed by atoms with Gasteiger partial charge >= 0.3 is 0 Å². The predicted octanol–water partition coefficient (Wildman–Crippen LogP) is 5.21. The number of rotatable bonds is 5. The minimum Gasteiger partial charge on any atom is -0.365 e. The Kier molecular flexibility index (Phi) is 5.17. The Balaban J connectivity index is 2.14. The van der Waals surface area contributed by atoms with Gasteiger partial charge in [0, 0.05) is 5.33 Å². The molecule has 2 rings (SSSR count). The highest BCUT2D eigenvalue weighted by Crippen LogP contribution is 2.29. The van der Waals surface area contributed by atoms with E-state index in [1.807, 2.05) is 18.2 Å². The van der Waals surface area contributed by atoms with E-state index in [1.54, 1.807) is 0 Å². The number of hydrogen-bond acceptors (Lipinski definition) is 1. The van der Waals surface area contributed by atoms with E-state index in [2.05, 4.69) is 66.2 Å². The van der Waals surface area contributed by atoms with Gasteiger partial charge in [-0.2, -0.15) is 0 Å². The van der Waals surface area contributed by atoms with Crippen LogP contribution in [0.15, 0.2) is 54.6 Å². The molecule has 0 saturated heterocycles. The first-order valence-electron chi connectivity index (χ1n) is 6.54. The Labute approximate surface area is 123 Å². The number of alkyl halides is 1. The normalized spacial score (nSPS) is 14.1. The van der Waals surface area contributed by atoms with E-state index >= 15 is 0 Å². The van der Waals surface area contributed by atoms with Crippen LogP contribution in [-0.2, 0) is 4.74 Å². The SMILES string of the molecule is Cc1ccccc1C(CBr)OC(C)c1ccccc1. The quantitative estimate of drug-likeness (QED) is 0.688. The molecule has 1 nitrogen and oxygen atoms in total. The van der Waals surface area contributed by atoms with E-state index < -0.39 is 0 Å². The highest BCUT2D eigenvalue weighted by atomic mass is 79.9. The molecule has 0 aliphatic rings. The lowest BCUT2D eigenvalue weighted by Gasteiger charge is -2.23. The summed E-state index contributed by atoms with van der Waals surface area (Å²) in [4.78, 5) is 0. The van der Waals surface area contributed by atoms with Crippen molar-refractivity contribution < 1.29 is 4.74 Å². The Morgan fingerprint density at radius 3 is 2.26 bits per heavy atom. The topological polar surface area (TPSA) is 9.23 Å². The Hall–Kier alpha value is -1.12. The van der Waals surface area contributed by atoms with Gasteiger partial charge in [0.1, 0.15) is 0 Å². The second kappa shape index (κ2) is 6.88. The highest BCUT2D eigenvalue weighted by Gasteiger charge is 2.17. The van der Waals surface area contributed by atoms with Gasteiger partial charge in [-0.15, -0.1) is 0 Å². The van der Waals surface area contributed by atoms with Crippen LogP contribution in [0.25, 0.3) is 0 Å². The molecular formula is C17H19BrO. The number of benzene rings is 2. The zero-order valence-corrected chi connectivity index (χ0v) is 12.9. The molecule has 0 N–H and O–H groups in total. The van der Waals surface area contributed by atoms with Crippen LogP contribution in [0.1, 0.15) is 35.8 Å². The monoisotopic (exact) mass is 318 g/mol.